The summed E-state index contributed by atoms with van der Waals surface area (Å²) in [6.07, 6.45) is 52.8. The van der Waals surface area contributed by atoms with Crippen LogP contribution in [0.5, 0.6) is 0 Å². The summed E-state index contributed by atoms with van der Waals surface area (Å²) < 4.78 is 68.6. The summed E-state index contributed by atoms with van der Waals surface area (Å²) in [4.78, 5) is 72.9. The molecule has 17 nitrogen and oxygen atoms in total. The number of aliphatic hydroxyl groups is 1. The molecule has 0 saturated heterocycles. The first kappa shape index (κ1) is 95.1. The molecule has 19 heteroatoms. The van der Waals surface area contributed by atoms with Crippen LogP contribution in [0.1, 0.15) is 396 Å². The van der Waals surface area contributed by atoms with Crippen LogP contribution in [0, 0.1) is 23.7 Å². The number of esters is 4. The van der Waals surface area contributed by atoms with Crippen molar-refractivity contribution in [2.75, 3.05) is 39.6 Å². The summed E-state index contributed by atoms with van der Waals surface area (Å²) >= 11 is 0. The predicted molar refractivity (Wildman–Crippen MR) is 395 cm³/mol. The summed E-state index contributed by atoms with van der Waals surface area (Å²) in [6, 6.07) is 0. The Morgan fingerprint density at radius 1 is 0.289 bits per heavy atom. The van der Waals surface area contributed by atoms with Gasteiger partial charge in [0.15, 0.2) is 12.2 Å². The highest BCUT2D eigenvalue weighted by molar-refractivity contribution is 7.47. The molecule has 0 fully saturated rings. The lowest BCUT2D eigenvalue weighted by Crippen LogP contribution is -2.30. The molecule has 0 aliphatic heterocycles. The van der Waals surface area contributed by atoms with E-state index in [-0.39, 0.29) is 25.7 Å². The Balaban J connectivity index is 5.22. The molecule has 0 aromatic heterocycles. The number of phosphoric acid groups is 2. The van der Waals surface area contributed by atoms with Crippen molar-refractivity contribution in [2.24, 2.45) is 23.7 Å². The quantitative estimate of drug-likeness (QED) is 0.0222. The van der Waals surface area contributed by atoms with Crippen LogP contribution >= 0.6 is 15.6 Å². The molecule has 0 amide bonds. The SMILES string of the molecule is CCC(C)CCCCCCCCCCCCCCCCC(=O)OC[C@H](COP(=O)(O)OC[C@@H](O)COP(=O)(O)OC[C@@H](COC(=O)CCCCCCCCC(C)C)OC(=O)CCCCCCCCCCCCCCCC(C)C)OC(=O)CCCCCCCCCCCCCC(C)C. The van der Waals surface area contributed by atoms with Crippen molar-refractivity contribution in [3.63, 3.8) is 0 Å². The highest BCUT2D eigenvalue weighted by Gasteiger charge is 2.30. The fraction of sp³-hybridized carbons (Fsp3) is 0.949. The van der Waals surface area contributed by atoms with E-state index < -0.39 is 97.5 Å². The minimum Gasteiger partial charge on any atom is -0.462 e. The summed E-state index contributed by atoms with van der Waals surface area (Å²) in [5.41, 5.74) is 0. The molecule has 0 rings (SSSR count). The largest absolute Gasteiger partial charge is 0.472 e. The van der Waals surface area contributed by atoms with Gasteiger partial charge in [-0.2, -0.15) is 0 Å². The van der Waals surface area contributed by atoms with Gasteiger partial charge in [0, 0.05) is 25.7 Å². The molecule has 0 spiro atoms. The molecule has 3 N–H and O–H groups in total. The van der Waals surface area contributed by atoms with E-state index in [2.05, 4.69) is 55.4 Å². The molecule has 6 atom stereocenters. The molecular weight excluding hydrogens is 1270 g/mol. The van der Waals surface area contributed by atoms with Crippen LogP contribution in [-0.2, 0) is 65.4 Å². The third-order valence-corrected chi connectivity index (χ3v) is 20.3. The molecule has 0 aromatic carbocycles. The van der Waals surface area contributed by atoms with Gasteiger partial charge in [-0.15, -0.1) is 0 Å². The second kappa shape index (κ2) is 67.2. The van der Waals surface area contributed by atoms with Crippen molar-refractivity contribution < 1.29 is 80.2 Å². The third kappa shape index (κ3) is 70.9. The average molecular weight is 1420 g/mol. The molecule has 0 heterocycles. The molecule has 0 aliphatic rings. The lowest BCUT2D eigenvalue weighted by atomic mass is 9.99. The van der Waals surface area contributed by atoms with Gasteiger partial charge in [0.1, 0.15) is 19.3 Å². The molecule has 0 saturated carbocycles. The van der Waals surface area contributed by atoms with Crippen LogP contribution in [0.3, 0.4) is 0 Å². The van der Waals surface area contributed by atoms with Crippen molar-refractivity contribution in [3.05, 3.63) is 0 Å². The minimum absolute atomic E-state index is 0.106. The van der Waals surface area contributed by atoms with E-state index in [1.54, 1.807) is 0 Å². The smallest absolute Gasteiger partial charge is 0.462 e. The standard InChI is InChI=1S/C78H152O17P2/c1-9-71(8)57-49-41-32-26-20-14-10-11-15-21-27-33-42-50-58-75(80)88-64-73(94-78(83)61-53-45-35-29-23-17-19-25-31-39-47-55-69(4)5)66-92-96(84,85)90-62-72(79)63-91-97(86,87)93-67-74(65-89-76(81)59-51-43-37-36-40-48-56-70(6)7)95-77(82)60-52-44-34-28-22-16-12-13-18-24-30-38-46-54-68(2)3/h68-74,79H,9-67H2,1-8H3,(H,84,85)(H,86,87)/t71?,72-,73-,74-/m1/s1. The van der Waals surface area contributed by atoms with Crippen LogP contribution in [0.25, 0.3) is 0 Å². The van der Waals surface area contributed by atoms with Crippen molar-refractivity contribution in [1.29, 1.82) is 0 Å². The maximum atomic E-state index is 13.1. The number of hydrogen-bond donors (Lipinski definition) is 3. The van der Waals surface area contributed by atoms with Crippen molar-refractivity contribution >= 4 is 39.5 Å². The average Bonchev–Trinajstić information content (AvgIpc) is 1.94. The van der Waals surface area contributed by atoms with E-state index >= 15 is 0 Å². The third-order valence-electron chi connectivity index (χ3n) is 18.4. The lowest BCUT2D eigenvalue weighted by molar-refractivity contribution is -0.161. The van der Waals surface area contributed by atoms with Gasteiger partial charge in [-0.3, -0.25) is 37.3 Å². The number of carbonyl (C=O) groups excluding carboxylic acids is 4. The van der Waals surface area contributed by atoms with Gasteiger partial charge < -0.3 is 33.8 Å². The molecule has 576 valence electrons. The Morgan fingerprint density at radius 2 is 0.495 bits per heavy atom. The second-order valence-electron chi connectivity index (χ2n) is 29.8. The number of rotatable bonds is 75. The summed E-state index contributed by atoms with van der Waals surface area (Å²) in [7, 11) is -9.92. The Bertz CT molecular complexity index is 1900. The van der Waals surface area contributed by atoms with Crippen molar-refractivity contribution in [3.8, 4) is 0 Å². The predicted octanol–water partition coefficient (Wildman–Crippen LogP) is 22.8. The van der Waals surface area contributed by atoms with Crippen LogP contribution < -0.4 is 0 Å². The van der Waals surface area contributed by atoms with E-state index in [0.717, 1.165) is 114 Å². The Kier molecular flexibility index (Phi) is 65.9. The van der Waals surface area contributed by atoms with E-state index in [0.29, 0.717) is 31.6 Å². The van der Waals surface area contributed by atoms with Gasteiger partial charge >= 0.3 is 39.5 Å². The van der Waals surface area contributed by atoms with Crippen LogP contribution in [-0.4, -0.2) is 96.7 Å². The summed E-state index contributed by atoms with van der Waals surface area (Å²) in [5.74, 6) is 0.962. The van der Waals surface area contributed by atoms with E-state index in [4.69, 9.17) is 37.0 Å². The van der Waals surface area contributed by atoms with Gasteiger partial charge in [-0.25, -0.2) is 9.13 Å². The fourth-order valence-electron chi connectivity index (χ4n) is 11.9. The van der Waals surface area contributed by atoms with Gasteiger partial charge in [0.25, 0.3) is 0 Å². The van der Waals surface area contributed by atoms with Gasteiger partial charge in [0.2, 0.25) is 0 Å². The monoisotopic (exact) mass is 1420 g/mol. The summed E-state index contributed by atoms with van der Waals surface area (Å²) in [6.45, 7) is 14.2. The number of phosphoric ester groups is 2. The Hall–Kier alpha value is -1.94. The zero-order valence-electron chi connectivity index (χ0n) is 63.7. The summed E-state index contributed by atoms with van der Waals surface area (Å²) in [5, 5.41) is 10.6. The minimum atomic E-state index is -4.96. The van der Waals surface area contributed by atoms with Crippen LogP contribution in [0.4, 0.5) is 0 Å². The maximum Gasteiger partial charge on any atom is 0.472 e. The van der Waals surface area contributed by atoms with Crippen molar-refractivity contribution in [2.45, 2.75) is 414 Å². The van der Waals surface area contributed by atoms with E-state index in [1.807, 2.05) is 0 Å². The topological polar surface area (TPSA) is 237 Å². The lowest BCUT2D eigenvalue weighted by Gasteiger charge is -2.21. The molecule has 3 unspecified atom stereocenters. The van der Waals surface area contributed by atoms with Crippen molar-refractivity contribution in [1.82, 2.24) is 0 Å². The second-order valence-corrected chi connectivity index (χ2v) is 32.7. The zero-order chi connectivity index (χ0) is 71.7. The van der Waals surface area contributed by atoms with Crippen LogP contribution in [0.15, 0.2) is 0 Å². The molecule has 0 bridgehead atoms. The number of carbonyl (C=O) groups is 4. The van der Waals surface area contributed by atoms with Crippen LogP contribution in [0.2, 0.25) is 0 Å². The Morgan fingerprint density at radius 3 is 0.732 bits per heavy atom. The highest BCUT2D eigenvalue weighted by atomic mass is 31.2. The zero-order valence-corrected chi connectivity index (χ0v) is 65.5. The first-order chi connectivity index (χ1) is 46.6. The molecule has 97 heavy (non-hydrogen) atoms. The first-order valence-corrected chi connectivity index (χ1v) is 43.2. The first-order valence-electron chi connectivity index (χ1n) is 40.2. The normalized spacial score (nSPS) is 14.4. The number of unbranched alkanes of at least 4 members (excludes halogenated alkanes) is 40. The maximum absolute atomic E-state index is 13.1. The van der Waals surface area contributed by atoms with Gasteiger partial charge in [0.05, 0.1) is 26.4 Å². The molecule has 0 radical (unpaired) electrons. The van der Waals surface area contributed by atoms with Gasteiger partial charge in [-0.1, -0.05) is 344 Å². The fourth-order valence-corrected chi connectivity index (χ4v) is 13.5. The molecule has 0 aliphatic carbocycles. The Labute approximate surface area is 594 Å². The van der Waals surface area contributed by atoms with Gasteiger partial charge in [-0.05, 0) is 49.4 Å². The van der Waals surface area contributed by atoms with E-state index in [1.165, 1.54) is 193 Å². The highest BCUT2D eigenvalue weighted by Crippen LogP contribution is 2.45. The number of hydrogen-bond acceptors (Lipinski definition) is 15. The number of aliphatic hydroxyl groups excluding tert-OH is 1. The molecular formula is C78H152O17P2. The van der Waals surface area contributed by atoms with E-state index in [9.17, 15) is 43.2 Å². The number of ether oxygens (including phenoxy) is 4. The molecule has 0 aromatic rings.